The smallest absolute Gasteiger partial charge is 0.293 e. The van der Waals surface area contributed by atoms with Crippen LogP contribution in [0.25, 0.3) is 16.6 Å². The Labute approximate surface area is 199 Å². The summed E-state index contributed by atoms with van der Waals surface area (Å²) in [4.78, 5) is 23.1. The zero-order chi connectivity index (χ0) is 23.8. The summed E-state index contributed by atoms with van der Waals surface area (Å²) in [6.07, 6.45) is 3.92. The minimum absolute atomic E-state index is 0.0945. The Bertz CT molecular complexity index is 1330. The molecule has 1 fully saturated rings. The molecule has 1 aliphatic heterocycles. The average Bonchev–Trinajstić information content (AvgIpc) is 3.46. The number of nitrogens with zero attached hydrogens (tertiary/aromatic N) is 4. The second-order valence-electron chi connectivity index (χ2n) is 9.33. The van der Waals surface area contributed by atoms with Gasteiger partial charge in [-0.3, -0.25) is 4.79 Å². The lowest BCUT2D eigenvalue weighted by atomic mass is 9.89. The van der Waals surface area contributed by atoms with Gasteiger partial charge in [0, 0.05) is 30.2 Å². The van der Waals surface area contributed by atoms with Gasteiger partial charge in [-0.05, 0) is 67.0 Å². The number of fused-ring (bicyclic) bond motifs is 1. The van der Waals surface area contributed by atoms with E-state index in [0.29, 0.717) is 24.9 Å². The molecule has 4 aromatic rings. The minimum atomic E-state index is -0.0945. The first-order valence-electron chi connectivity index (χ1n) is 11.9. The number of rotatable bonds is 5. The summed E-state index contributed by atoms with van der Waals surface area (Å²) >= 11 is 0. The highest BCUT2D eigenvalue weighted by Crippen LogP contribution is 2.35. The SMILES string of the molecule is COc1ccc2[nH]cc(C3CCN(C(=O)c4nc(C)n(-c5ccccc5C(C)C)n4)CC3)c2c1. The van der Waals surface area contributed by atoms with E-state index in [-0.39, 0.29) is 11.7 Å². The van der Waals surface area contributed by atoms with E-state index < -0.39 is 0 Å². The van der Waals surface area contributed by atoms with E-state index >= 15 is 0 Å². The van der Waals surface area contributed by atoms with E-state index in [2.05, 4.69) is 53.3 Å². The minimum Gasteiger partial charge on any atom is -0.497 e. The first-order valence-corrected chi connectivity index (χ1v) is 11.9. The number of aryl methyl sites for hydroxylation is 1. The van der Waals surface area contributed by atoms with E-state index in [0.717, 1.165) is 35.6 Å². The molecule has 1 aliphatic rings. The highest BCUT2D eigenvalue weighted by Gasteiger charge is 2.28. The van der Waals surface area contributed by atoms with Crippen LogP contribution >= 0.6 is 0 Å². The number of carbonyl (C=O) groups is 1. The molecule has 0 atom stereocenters. The molecule has 0 saturated carbocycles. The molecule has 1 N–H and O–H groups in total. The Balaban J connectivity index is 1.32. The van der Waals surface area contributed by atoms with Gasteiger partial charge in [0.25, 0.3) is 5.91 Å². The zero-order valence-corrected chi connectivity index (χ0v) is 20.2. The summed E-state index contributed by atoms with van der Waals surface area (Å²) in [6, 6.07) is 14.3. The Hall–Kier alpha value is -3.61. The molecule has 5 rings (SSSR count). The number of H-pyrrole nitrogens is 1. The molecule has 0 unspecified atom stereocenters. The van der Waals surface area contributed by atoms with Gasteiger partial charge in [0.15, 0.2) is 0 Å². The monoisotopic (exact) mass is 457 g/mol. The Morgan fingerprint density at radius 1 is 1.15 bits per heavy atom. The Morgan fingerprint density at radius 2 is 1.91 bits per heavy atom. The van der Waals surface area contributed by atoms with E-state index in [1.165, 1.54) is 16.5 Å². The van der Waals surface area contributed by atoms with E-state index in [9.17, 15) is 4.79 Å². The molecule has 0 bridgehead atoms. The molecule has 2 aromatic heterocycles. The second-order valence-corrected chi connectivity index (χ2v) is 9.33. The fraction of sp³-hybridized carbons (Fsp3) is 0.370. The van der Waals surface area contributed by atoms with Crippen LogP contribution in [0.1, 0.15) is 66.1 Å². The molecule has 0 aliphatic carbocycles. The van der Waals surface area contributed by atoms with Gasteiger partial charge in [-0.25, -0.2) is 9.67 Å². The number of methoxy groups -OCH3 is 1. The summed E-state index contributed by atoms with van der Waals surface area (Å²) in [7, 11) is 1.69. The van der Waals surface area contributed by atoms with Crippen LogP contribution in [0.4, 0.5) is 0 Å². The molecular formula is C27H31N5O2. The van der Waals surface area contributed by atoms with Crippen LogP contribution in [-0.4, -0.2) is 50.8 Å². The number of likely N-dealkylation sites (tertiary alicyclic amines) is 1. The first kappa shape index (κ1) is 22.2. The predicted molar refractivity (Wildman–Crippen MR) is 133 cm³/mol. The van der Waals surface area contributed by atoms with Gasteiger partial charge >= 0.3 is 0 Å². The van der Waals surface area contributed by atoms with Crippen molar-refractivity contribution in [3.8, 4) is 11.4 Å². The maximum Gasteiger partial charge on any atom is 0.293 e. The molecule has 3 heterocycles. The lowest BCUT2D eigenvalue weighted by Crippen LogP contribution is -2.38. The highest BCUT2D eigenvalue weighted by molar-refractivity contribution is 5.90. The lowest BCUT2D eigenvalue weighted by molar-refractivity contribution is 0.0701. The van der Waals surface area contributed by atoms with Crippen LogP contribution in [0.3, 0.4) is 0 Å². The molecule has 7 nitrogen and oxygen atoms in total. The number of ether oxygens (including phenoxy) is 1. The van der Waals surface area contributed by atoms with Crippen molar-refractivity contribution < 1.29 is 9.53 Å². The number of aromatic nitrogens is 4. The molecule has 2 aromatic carbocycles. The Kier molecular flexibility index (Phi) is 5.86. The maximum absolute atomic E-state index is 13.3. The third kappa shape index (κ3) is 3.95. The summed E-state index contributed by atoms with van der Waals surface area (Å²) in [5.41, 5.74) is 4.58. The van der Waals surface area contributed by atoms with Gasteiger partial charge in [0.2, 0.25) is 5.82 Å². The van der Waals surface area contributed by atoms with Crippen molar-refractivity contribution in [1.29, 1.82) is 0 Å². The number of para-hydroxylation sites is 1. The number of hydrogen-bond acceptors (Lipinski definition) is 4. The van der Waals surface area contributed by atoms with Crippen LogP contribution < -0.4 is 4.74 Å². The Morgan fingerprint density at radius 3 is 2.65 bits per heavy atom. The number of benzene rings is 2. The van der Waals surface area contributed by atoms with Crippen LogP contribution in [0.15, 0.2) is 48.7 Å². The normalized spacial score (nSPS) is 14.8. The summed E-state index contributed by atoms with van der Waals surface area (Å²) in [5, 5.41) is 5.82. The first-order chi connectivity index (χ1) is 16.5. The summed E-state index contributed by atoms with van der Waals surface area (Å²) < 4.78 is 7.21. The fourth-order valence-electron chi connectivity index (χ4n) is 5.00. The number of carbonyl (C=O) groups excluding carboxylic acids is 1. The van der Waals surface area contributed by atoms with Gasteiger partial charge < -0.3 is 14.6 Å². The van der Waals surface area contributed by atoms with Crippen molar-refractivity contribution in [2.45, 2.75) is 45.4 Å². The van der Waals surface area contributed by atoms with Crippen molar-refractivity contribution in [1.82, 2.24) is 24.6 Å². The quantitative estimate of drug-likeness (QED) is 0.446. The lowest BCUT2D eigenvalue weighted by Gasteiger charge is -2.31. The molecule has 7 heteroatoms. The third-order valence-corrected chi connectivity index (χ3v) is 6.89. The predicted octanol–water partition coefficient (Wildman–Crippen LogP) is 5.21. The second kappa shape index (κ2) is 8.97. The van der Waals surface area contributed by atoms with Gasteiger partial charge in [0.05, 0.1) is 12.8 Å². The van der Waals surface area contributed by atoms with E-state index in [1.807, 2.05) is 36.1 Å². The average molecular weight is 458 g/mol. The number of piperidine rings is 1. The number of aromatic amines is 1. The number of hydrogen-bond donors (Lipinski definition) is 1. The fourth-order valence-corrected chi connectivity index (χ4v) is 5.00. The van der Waals surface area contributed by atoms with Crippen molar-refractivity contribution in [3.63, 3.8) is 0 Å². The van der Waals surface area contributed by atoms with Crippen LogP contribution in [-0.2, 0) is 0 Å². The van der Waals surface area contributed by atoms with Gasteiger partial charge in [-0.2, -0.15) is 0 Å². The molecule has 0 spiro atoms. The largest absolute Gasteiger partial charge is 0.497 e. The van der Waals surface area contributed by atoms with Crippen molar-refractivity contribution in [2.24, 2.45) is 0 Å². The van der Waals surface area contributed by atoms with Gasteiger partial charge in [-0.1, -0.05) is 32.0 Å². The number of nitrogens with one attached hydrogen (secondary N) is 1. The van der Waals surface area contributed by atoms with Crippen LogP contribution in [0.5, 0.6) is 5.75 Å². The number of amides is 1. The zero-order valence-electron chi connectivity index (χ0n) is 20.2. The van der Waals surface area contributed by atoms with Gasteiger partial charge in [0.1, 0.15) is 11.6 Å². The third-order valence-electron chi connectivity index (χ3n) is 6.89. The standard InChI is InChI=1S/C27H31N5O2/c1-17(2)21-7-5-6-8-25(21)32-18(3)29-26(30-32)27(33)31-13-11-19(12-14-31)23-16-28-24-10-9-20(34-4)15-22(23)24/h5-10,15-17,19,28H,11-14H2,1-4H3. The topological polar surface area (TPSA) is 76.0 Å². The van der Waals surface area contributed by atoms with E-state index in [1.54, 1.807) is 11.8 Å². The molecule has 34 heavy (non-hydrogen) atoms. The maximum atomic E-state index is 13.3. The highest BCUT2D eigenvalue weighted by atomic mass is 16.5. The summed E-state index contributed by atoms with van der Waals surface area (Å²) in [5.74, 6) is 2.50. The molecule has 0 radical (unpaired) electrons. The summed E-state index contributed by atoms with van der Waals surface area (Å²) in [6.45, 7) is 7.60. The van der Waals surface area contributed by atoms with E-state index in [4.69, 9.17) is 4.74 Å². The molecular weight excluding hydrogens is 426 g/mol. The van der Waals surface area contributed by atoms with Crippen molar-refractivity contribution in [2.75, 3.05) is 20.2 Å². The molecule has 176 valence electrons. The van der Waals surface area contributed by atoms with Gasteiger partial charge in [-0.15, -0.1) is 5.10 Å². The van der Waals surface area contributed by atoms with Crippen LogP contribution in [0, 0.1) is 6.92 Å². The molecule has 1 amide bonds. The molecule has 1 saturated heterocycles. The van der Waals surface area contributed by atoms with Crippen LogP contribution in [0.2, 0.25) is 0 Å². The van der Waals surface area contributed by atoms with Crippen molar-refractivity contribution >= 4 is 16.8 Å². The van der Waals surface area contributed by atoms with Crippen molar-refractivity contribution in [3.05, 3.63) is 71.4 Å².